The maximum Gasteiger partial charge on any atom is 0.274 e. The monoisotopic (exact) mass is 326 g/mol. The van der Waals surface area contributed by atoms with Gasteiger partial charge in [-0.3, -0.25) is 4.79 Å². The average Bonchev–Trinajstić information content (AvgIpc) is 2.57. The number of aryl methyl sites for hydroxylation is 1. The summed E-state index contributed by atoms with van der Waals surface area (Å²) in [5.41, 5.74) is 3.43. The van der Waals surface area contributed by atoms with Gasteiger partial charge in [-0.1, -0.05) is 32.0 Å². The second kappa shape index (κ2) is 7.90. The van der Waals surface area contributed by atoms with Gasteiger partial charge in [-0.15, -0.1) is 0 Å². The summed E-state index contributed by atoms with van der Waals surface area (Å²) < 4.78 is 0. The fourth-order valence-electron chi connectivity index (χ4n) is 2.65. The minimum atomic E-state index is -0.206. The van der Waals surface area contributed by atoms with Crippen LogP contribution in [0, 0.1) is 6.92 Å². The number of anilines is 2. The number of rotatable bonds is 6. The molecule has 0 saturated heterocycles. The predicted octanol–water partition coefficient (Wildman–Crippen LogP) is 4.01. The summed E-state index contributed by atoms with van der Waals surface area (Å²) in [5.74, 6) is 0.709. The van der Waals surface area contributed by atoms with E-state index >= 15 is 0 Å². The molecular formula is C19H26N4O. The van der Waals surface area contributed by atoms with Gasteiger partial charge >= 0.3 is 0 Å². The summed E-state index contributed by atoms with van der Waals surface area (Å²) in [6, 6.07) is 7.72. The number of aromatic nitrogens is 2. The van der Waals surface area contributed by atoms with Crippen molar-refractivity contribution in [2.45, 2.75) is 40.5 Å². The highest BCUT2D eigenvalue weighted by Crippen LogP contribution is 2.27. The number of amides is 1. The molecule has 1 aromatic carbocycles. The van der Waals surface area contributed by atoms with E-state index in [1.807, 2.05) is 37.8 Å². The lowest BCUT2D eigenvalue weighted by atomic mass is 9.98. The summed E-state index contributed by atoms with van der Waals surface area (Å²) in [5, 5.41) is 3.03. The number of nitrogens with one attached hydrogen (secondary N) is 1. The van der Waals surface area contributed by atoms with E-state index in [1.54, 1.807) is 12.3 Å². The van der Waals surface area contributed by atoms with Gasteiger partial charge in [0.05, 0.1) is 0 Å². The molecule has 5 nitrogen and oxygen atoms in total. The van der Waals surface area contributed by atoms with Crippen molar-refractivity contribution in [1.29, 1.82) is 0 Å². The molecular weight excluding hydrogens is 300 g/mol. The van der Waals surface area contributed by atoms with Gasteiger partial charge in [0.15, 0.2) is 0 Å². The molecule has 5 heteroatoms. The van der Waals surface area contributed by atoms with Crippen LogP contribution in [0.5, 0.6) is 0 Å². The molecule has 0 fully saturated rings. The zero-order valence-corrected chi connectivity index (χ0v) is 15.1. The Morgan fingerprint density at radius 3 is 2.54 bits per heavy atom. The van der Waals surface area contributed by atoms with Gasteiger partial charge in [-0.25, -0.2) is 9.97 Å². The Morgan fingerprint density at radius 1 is 1.21 bits per heavy atom. The molecule has 24 heavy (non-hydrogen) atoms. The van der Waals surface area contributed by atoms with E-state index in [2.05, 4.69) is 35.2 Å². The van der Waals surface area contributed by atoms with Crippen molar-refractivity contribution >= 4 is 17.5 Å². The normalized spacial score (nSPS) is 10.8. The number of hydrogen-bond donors (Lipinski definition) is 1. The van der Waals surface area contributed by atoms with Crippen LogP contribution in [0.4, 0.5) is 11.6 Å². The first-order valence-corrected chi connectivity index (χ1v) is 8.46. The summed E-state index contributed by atoms with van der Waals surface area (Å²) in [6.07, 6.45) is 1.64. The molecule has 1 amide bonds. The third-order valence-corrected chi connectivity index (χ3v) is 4.09. The Morgan fingerprint density at radius 2 is 1.92 bits per heavy atom. The molecule has 0 aliphatic rings. The molecule has 1 heterocycles. The topological polar surface area (TPSA) is 58.1 Å². The highest BCUT2D eigenvalue weighted by Gasteiger charge is 2.15. The van der Waals surface area contributed by atoms with Crippen molar-refractivity contribution in [1.82, 2.24) is 9.97 Å². The molecule has 1 N–H and O–H groups in total. The minimum absolute atomic E-state index is 0.206. The molecule has 2 aromatic rings. The molecule has 0 aliphatic heterocycles. The van der Waals surface area contributed by atoms with Gasteiger partial charge in [0, 0.05) is 25.0 Å². The van der Waals surface area contributed by atoms with Crippen LogP contribution in [0.1, 0.15) is 55.2 Å². The fourth-order valence-corrected chi connectivity index (χ4v) is 2.65. The van der Waals surface area contributed by atoms with E-state index in [4.69, 9.17) is 0 Å². The quantitative estimate of drug-likeness (QED) is 0.871. The van der Waals surface area contributed by atoms with Crippen LogP contribution in [-0.4, -0.2) is 29.0 Å². The first kappa shape index (κ1) is 17.9. The van der Waals surface area contributed by atoms with Crippen LogP contribution in [-0.2, 0) is 0 Å². The Kier molecular flexibility index (Phi) is 5.90. The van der Waals surface area contributed by atoms with E-state index in [9.17, 15) is 4.79 Å². The fraction of sp³-hybridized carbons (Fsp3) is 0.421. The van der Waals surface area contributed by atoms with Crippen molar-refractivity contribution in [2.24, 2.45) is 0 Å². The molecule has 2 rings (SSSR count). The van der Waals surface area contributed by atoms with Crippen LogP contribution in [0.2, 0.25) is 0 Å². The highest BCUT2D eigenvalue weighted by atomic mass is 16.1. The lowest BCUT2D eigenvalue weighted by molar-refractivity contribution is 0.102. The van der Waals surface area contributed by atoms with Crippen LogP contribution >= 0.6 is 0 Å². The smallest absolute Gasteiger partial charge is 0.274 e. The van der Waals surface area contributed by atoms with Gasteiger partial charge in [0.1, 0.15) is 5.69 Å². The molecule has 0 radical (unpaired) electrons. The molecule has 0 spiro atoms. The first-order chi connectivity index (χ1) is 11.5. The highest BCUT2D eigenvalue weighted by molar-refractivity contribution is 6.03. The van der Waals surface area contributed by atoms with Crippen molar-refractivity contribution in [3.05, 3.63) is 47.3 Å². The van der Waals surface area contributed by atoms with E-state index in [-0.39, 0.29) is 5.91 Å². The molecule has 0 atom stereocenters. The minimum Gasteiger partial charge on any atom is -0.341 e. The summed E-state index contributed by atoms with van der Waals surface area (Å²) in [4.78, 5) is 23.4. The molecule has 128 valence electrons. The van der Waals surface area contributed by atoms with Gasteiger partial charge in [0.2, 0.25) is 5.95 Å². The van der Waals surface area contributed by atoms with Gasteiger partial charge in [-0.2, -0.15) is 0 Å². The van der Waals surface area contributed by atoms with Gasteiger partial charge < -0.3 is 10.2 Å². The standard InChI is InChI=1S/C19H26N4O/c1-6-23(7-2)19-20-12-11-16(21-19)18(24)22-17-14(5)9-8-10-15(17)13(3)4/h8-13H,6-7H2,1-5H3,(H,22,24). The second-order valence-electron chi connectivity index (χ2n) is 6.06. The largest absolute Gasteiger partial charge is 0.341 e. The molecule has 0 bridgehead atoms. The third-order valence-electron chi connectivity index (χ3n) is 4.09. The number of carbonyl (C=O) groups excluding carboxylic acids is 1. The van der Waals surface area contributed by atoms with Crippen LogP contribution in [0.25, 0.3) is 0 Å². The van der Waals surface area contributed by atoms with Crippen LogP contribution in [0.3, 0.4) is 0 Å². The lowest BCUT2D eigenvalue weighted by Crippen LogP contribution is -2.25. The Labute approximate surface area is 144 Å². The van der Waals surface area contributed by atoms with Crippen molar-refractivity contribution in [2.75, 3.05) is 23.3 Å². The summed E-state index contributed by atoms with van der Waals surface area (Å²) in [7, 11) is 0. The summed E-state index contributed by atoms with van der Waals surface area (Å²) in [6.45, 7) is 11.9. The molecule has 1 aromatic heterocycles. The van der Waals surface area contributed by atoms with Crippen LogP contribution in [0.15, 0.2) is 30.5 Å². The molecule has 0 unspecified atom stereocenters. The number of para-hydroxylation sites is 1. The number of hydrogen-bond acceptors (Lipinski definition) is 4. The average molecular weight is 326 g/mol. The third kappa shape index (κ3) is 3.91. The Hall–Kier alpha value is -2.43. The Balaban J connectivity index is 2.30. The van der Waals surface area contributed by atoms with Crippen molar-refractivity contribution < 1.29 is 4.79 Å². The van der Waals surface area contributed by atoms with Gasteiger partial charge in [-0.05, 0) is 43.9 Å². The zero-order valence-electron chi connectivity index (χ0n) is 15.1. The summed E-state index contributed by atoms with van der Waals surface area (Å²) >= 11 is 0. The number of nitrogens with zero attached hydrogens (tertiary/aromatic N) is 3. The molecule has 0 aliphatic carbocycles. The van der Waals surface area contributed by atoms with E-state index in [1.165, 1.54) is 0 Å². The predicted molar refractivity (Wildman–Crippen MR) is 98.8 cm³/mol. The number of carbonyl (C=O) groups is 1. The van der Waals surface area contributed by atoms with Gasteiger partial charge in [0.25, 0.3) is 5.91 Å². The number of benzene rings is 1. The zero-order chi connectivity index (χ0) is 17.7. The maximum atomic E-state index is 12.7. The lowest BCUT2D eigenvalue weighted by Gasteiger charge is -2.19. The van der Waals surface area contributed by atoms with Crippen molar-refractivity contribution in [3.8, 4) is 0 Å². The SMILES string of the molecule is CCN(CC)c1nccc(C(=O)Nc2c(C)cccc2C(C)C)n1. The van der Waals surface area contributed by atoms with Crippen molar-refractivity contribution in [3.63, 3.8) is 0 Å². The van der Waals surface area contributed by atoms with E-state index in [0.717, 1.165) is 29.9 Å². The van der Waals surface area contributed by atoms with E-state index < -0.39 is 0 Å². The van der Waals surface area contributed by atoms with E-state index in [0.29, 0.717) is 17.6 Å². The Bertz CT molecular complexity index is 708. The first-order valence-electron chi connectivity index (χ1n) is 8.46. The van der Waals surface area contributed by atoms with Crippen LogP contribution < -0.4 is 10.2 Å². The second-order valence-corrected chi connectivity index (χ2v) is 6.06. The maximum absolute atomic E-state index is 12.7. The molecule has 0 saturated carbocycles.